The third-order valence-corrected chi connectivity index (χ3v) is 5.17. The van der Waals surface area contributed by atoms with Crippen molar-refractivity contribution in [3.63, 3.8) is 0 Å². The molecule has 0 saturated carbocycles. The monoisotopic (exact) mass is 489 g/mol. The summed E-state index contributed by atoms with van der Waals surface area (Å²) in [5, 5.41) is 12.5. The number of ether oxygens (including phenoxy) is 2. The molecular formula is C27H24FN3O5. The second-order valence-corrected chi connectivity index (χ2v) is 8.66. The fraction of sp³-hybridized carbons (Fsp3) is 0.222. The standard InChI is InChI=1S/C27H24FN3O5/c1-27(2,34)11-9-17-7-8-24-23(13-17)31(3)26(33)22(16-35-24)30-25(32)21-15-20(10-12-29-21)36-19-6-4-5-18(28)14-19/h4-8,10,12-15,22,34H,16H2,1-3H3,(H,30,32). The zero-order valence-electron chi connectivity index (χ0n) is 19.9. The summed E-state index contributed by atoms with van der Waals surface area (Å²) in [7, 11) is 1.58. The number of carbonyl (C=O) groups is 2. The van der Waals surface area contributed by atoms with E-state index in [2.05, 4.69) is 22.1 Å². The van der Waals surface area contributed by atoms with Crippen molar-refractivity contribution in [1.29, 1.82) is 0 Å². The lowest BCUT2D eigenvalue weighted by Gasteiger charge is -2.20. The number of likely N-dealkylation sites (N-methyl/N-ethyl adjacent to an activating group) is 1. The maximum atomic E-state index is 13.4. The highest BCUT2D eigenvalue weighted by atomic mass is 19.1. The molecule has 1 aliphatic rings. The Hall–Kier alpha value is -4.42. The van der Waals surface area contributed by atoms with Crippen LogP contribution in [0.3, 0.4) is 0 Å². The Balaban J connectivity index is 1.48. The molecule has 2 N–H and O–H groups in total. The van der Waals surface area contributed by atoms with Crippen molar-refractivity contribution in [2.24, 2.45) is 0 Å². The number of aromatic nitrogens is 1. The minimum Gasteiger partial charge on any atom is -0.489 e. The zero-order chi connectivity index (χ0) is 25.9. The van der Waals surface area contributed by atoms with E-state index in [0.717, 1.165) is 0 Å². The lowest BCUT2D eigenvalue weighted by molar-refractivity contribution is -0.120. The maximum Gasteiger partial charge on any atom is 0.270 e. The summed E-state index contributed by atoms with van der Waals surface area (Å²) in [4.78, 5) is 31.4. The van der Waals surface area contributed by atoms with E-state index in [0.29, 0.717) is 17.0 Å². The molecule has 2 amide bonds. The number of hydrogen-bond donors (Lipinski definition) is 2. The quantitative estimate of drug-likeness (QED) is 0.546. The van der Waals surface area contributed by atoms with Crippen LogP contribution in [0, 0.1) is 17.7 Å². The Morgan fingerprint density at radius 2 is 2.00 bits per heavy atom. The van der Waals surface area contributed by atoms with E-state index in [1.54, 1.807) is 45.2 Å². The number of nitrogens with zero attached hydrogens (tertiary/aromatic N) is 2. The summed E-state index contributed by atoms with van der Waals surface area (Å²) < 4.78 is 24.8. The average Bonchev–Trinajstić information content (AvgIpc) is 2.94. The summed E-state index contributed by atoms with van der Waals surface area (Å²) in [6.45, 7) is 3.07. The summed E-state index contributed by atoms with van der Waals surface area (Å²) in [6, 6.07) is 12.7. The number of hydrogen-bond acceptors (Lipinski definition) is 6. The molecule has 3 aromatic rings. The number of rotatable bonds is 4. The summed E-state index contributed by atoms with van der Waals surface area (Å²) in [5.41, 5.74) is -0.0530. The number of aliphatic hydroxyl groups is 1. The van der Waals surface area contributed by atoms with Crippen molar-refractivity contribution in [2.75, 3.05) is 18.6 Å². The molecular weight excluding hydrogens is 465 g/mol. The molecule has 0 saturated heterocycles. The van der Waals surface area contributed by atoms with Crippen molar-refractivity contribution < 1.29 is 28.6 Å². The lowest BCUT2D eigenvalue weighted by Crippen LogP contribution is -2.49. The molecule has 184 valence electrons. The fourth-order valence-electron chi connectivity index (χ4n) is 3.40. The molecule has 36 heavy (non-hydrogen) atoms. The highest BCUT2D eigenvalue weighted by molar-refractivity contribution is 6.03. The van der Waals surface area contributed by atoms with Crippen molar-refractivity contribution in [3.8, 4) is 29.1 Å². The first-order valence-corrected chi connectivity index (χ1v) is 11.1. The first-order chi connectivity index (χ1) is 17.1. The smallest absolute Gasteiger partial charge is 0.270 e. The fourth-order valence-corrected chi connectivity index (χ4v) is 3.40. The first kappa shape index (κ1) is 24.7. The number of pyridine rings is 1. The second kappa shape index (κ2) is 10.1. The van der Waals surface area contributed by atoms with Gasteiger partial charge in [0.15, 0.2) is 0 Å². The van der Waals surface area contributed by atoms with Crippen molar-refractivity contribution in [1.82, 2.24) is 10.3 Å². The predicted molar refractivity (Wildman–Crippen MR) is 130 cm³/mol. The van der Waals surface area contributed by atoms with Gasteiger partial charge in [-0.1, -0.05) is 17.9 Å². The minimum absolute atomic E-state index is 0.0188. The van der Waals surface area contributed by atoms with Gasteiger partial charge in [-0.15, -0.1) is 0 Å². The second-order valence-electron chi connectivity index (χ2n) is 8.66. The third-order valence-electron chi connectivity index (χ3n) is 5.17. The molecule has 4 rings (SSSR count). The van der Waals surface area contributed by atoms with E-state index in [1.807, 2.05) is 0 Å². The molecule has 0 bridgehead atoms. The van der Waals surface area contributed by atoms with Gasteiger partial charge < -0.3 is 24.8 Å². The van der Waals surface area contributed by atoms with Gasteiger partial charge in [-0.2, -0.15) is 0 Å². The highest BCUT2D eigenvalue weighted by Gasteiger charge is 2.31. The van der Waals surface area contributed by atoms with Crippen LogP contribution in [0.1, 0.15) is 29.9 Å². The SMILES string of the molecule is CN1C(=O)C(NC(=O)c2cc(Oc3cccc(F)c3)ccn2)COc2ccc(C#CC(C)(C)O)cc21. The van der Waals surface area contributed by atoms with Crippen LogP contribution in [0.15, 0.2) is 60.8 Å². The number of nitrogens with one attached hydrogen (secondary N) is 1. The normalized spacial score (nSPS) is 15.1. The molecule has 1 aliphatic heterocycles. The number of anilines is 1. The Kier molecular flexibility index (Phi) is 6.90. The van der Waals surface area contributed by atoms with Crippen LogP contribution in [0.25, 0.3) is 0 Å². The number of carbonyl (C=O) groups excluding carboxylic acids is 2. The lowest BCUT2D eigenvalue weighted by atomic mass is 10.1. The Morgan fingerprint density at radius 1 is 1.22 bits per heavy atom. The maximum absolute atomic E-state index is 13.4. The summed E-state index contributed by atoms with van der Waals surface area (Å²) >= 11 is 0. The van der Waals surface area contributed by atoms with Crippen LogP contribution in [-0.2, 0) is 4.79 Å². The number of halogens is 1. The minimum atomic E-state index is -1.16. The van der Waals surface area contributed by atoms with E-state index in [4.69, 9.17) is 9.47 Å². The molecule has 1 unspecified atom stereocenters. The van der Waals surface area contributed by atoms with Crippen LogP contribution in [0.2, 0.25) is 0 Å². The van der Waals surface area contributed by atoms with Crippen LogP contribution in [0.5, 0.6) is 17.2 Å². The zero-order valence-corrected chi connectivity index (χ0v) is 19.9. The Morgan fingerprint density at radius 3 is 2.75 bits per heavy atom. The van der Waals surface area contributed by atoms with Gasteiger partial charge in [0.25, 0.3) is 11.8 Å². The van der Waals surface area contributed by atoms with E-state index >= 15 is 0 Å². The van der Waals surface area contributed by atoms with Crippen LogP contribution < -0.4 is 19.7 Å². The summed E-state index contributed by atoms with van der Waals surface area (Å²) in [5.74, 6) is 5.18. The van der Waals surface area contributed by atoms with E-state index in [-0.39, 0.29) is 29.7 Å². The molecule has 9 heteroatoms. The molecule has 2 heterocycles. The van der Waals surface area contributed by atoms with E-state index < -0.39 is 23.4 Å². The van der Waals surface area contributed by atoms with Gasteiger partial charge in [0.2, 0.25) is 0 Å². The third kappa shape index (κ3) is 5.98. The molecule has 0 aliphatic carbocycles. The van der Waals surface area contributed by atoms with Gasteiger partial charge in [-0.05, 0) is 50.2 Å². The van der Waals surface area contributed by atoms with Gasteiger partial charge in [-0.3, -0.25) is 14.6 Å². The molecule has 8 nitrogen and oxygen atoms in total. The van der Waals surface area contributed by atoms with Gasteiger partial charge in [0.1, 0.15) is 47.0 Å². The molecule has 1 atom stereocenters. The van der Waals surface area contributed by atoms with Crippen molar-refractivity contribution >= 4 is 17.5 Å². The van der Waals surface area contributed by atoms with Crippen molar-refractivity contribution in [2.45, 2.75) is 25.5 Å². The molecule has 0 spiro atoms. The van der Waals surface area contributed by atoms with Crippen molar-refractivity contribution in [3.05, 3.63) is 77.9 Å². The number of amides is 2. The largest absolute Gasteiger partial charge is 0.489 e. The average molecular weight is 490 g/mol. The predicted octanol–water partition coefficient (Wildman–Crippen LogP) is 3.29. The van der Waals surface area contributed by atoms with Gasteiger partial charge in [-0.25, -0.2) is 4.39 Å². The van der Waals surface area contributed by atoms with Crippen LogP contribution in [-0.4, -0.2) is 47.2 Å². The van der Waals surface area contributed by atoms with E-state index in [1.165, 1.54) is 41.4 Å². The summed E-state index contributed by atoms with van der Waals surface area (Å²) in [6.07, 6.45) is 1.38. The van der Waals surface area contributed by atoms with E-state index in [9.17, 15) is 19.1 Å². The number of fused-ring (bicyclic) bond motifs is 1. The van der Waals surface area contributed by atoms with Gasteiger partial charge in [0, 0.05) is 30.9 Å². The van der Waals surface area contributed by atoms with Crippen LogP contribution >= 0.6 is 0 Å². The van der Waals surface area contributed by atoms with Crippen LogP contribution in [0.4, 0.5) is 10.1 Å². The molecule has 1 aromatic heterocycles. The first-order valence-electron chi connectivity index (χ1n) is 11.1. The molecule has 0 radical (unpaired) electrons. The topological polar surface area (TPSA) is 101 Å². The molecule has 0 fully saturated rings. The highest BCUT2D eigenvalue weighted by Crippen LogP contribution is 2.31. The Bertz CT molecular complexity index is 1370. The number of benzene rings is 2. The Labute approximate surface area is 207 Å². The molecule has 2 aromatic carbocycles. The van der Waals surface area contributed by atoms with Gasteiger partial charge >= 0.3 is 0 Å². The van der Waals surface area contributed by atoms with Gasteiger partial charge in [0.05, 0.1) is 5.69 Å².